The largest absolute Gasteiger partial charge is 0.337 e. The number of H-pyrrole nitrogens is 1. The normalized spacial score (nSPS) is 17.6. The molecular weight excluding hydrogens is 366 g/mol. The number of rotatable bonds is 5. The molecule has 0 unspecified atom stereocenters. The second kappa shape index (κ2) is 8.07. The van der Waals surface area contributed by atoms with Crippen molar-refractivity contribution in [3.8, 4) is 0 Å². The molecule has 0 aliphatic carbocycles. The van der Waals surface area contributed by atoms with Gasteiger partial charge in [0.2, 0.25) is 5.91 Å². The maximum Gasteiger partial charge on any atom is 0.273 e. The SMILES string of the molecule is CC[C@H](c1ccccc1)[C@@H]1CCCN1C(=O)Cn1[nH]c(=O)c2ccccc2c1=O. The number of nitrogens with zero attached hydrogens (tertiary/aromatic N) is 2. The molecule has 1 fully saturated rings. The lowest BCUT2D eigenvalue weighted by Gasteiger charge is -2.31. The molecule has 2 heterocycles. The van der Waals surface area contributed by atoms with Crippen molar-refractivity contribution < 1.29 is 4.79 Å². The Balaban J connectivity index is 1.61. The number of hydrogen-bond donors (Lipinski definition) is 1. The van der Waals surface area contributed by atoms with Crippen molar-refractivity contribution in [2.45, 2.75) is 44.7 Å². The number of amides is 1. The molecule has 6 nitrogen and oxygen atoms in total. The summed E-state index contributed by atoms with van der Waals surface area (Å²) in [4.78, 5) is 40.1. The fourth-order valence-electron chi connectivity index (χ4n) is 4.53. The number of likely N-dealkylation sites (tertiary alicyclic amines) is 1. The number of aromatic nitrogens is 2. The van der Waals surface area contributed by atoms with E-state index in [0.717, 1.165) is 23.9 Å². The highest BCUT2D eigenvalue weighted by atomic mass is 16.2. The van der Waals surface area contributed by atoms with Crippen LogP contribution in [0.15, 0.2) is 64.2 Å². The predicted octanol–water partition coefficient (Wildman–Crippen LogP) is 2.87. The molecule has 4 rings (SSSR count). The summed E-state index contributed by atoms with van der Waals surface area (Å²) in [6.07, 6.45) is 2.83. The van der Waals surface area contributed by atoms with Crippen molar-refractivity contribution in [3.63, 3.8) is 0 Å². The van der Waals surface area contributed by atoms with Gasteiger partial charge >= 0.3 is 0 Å². The smallest absolute Gasteiger partial charge is 0.273 e. The van der Waals surface area contributed by atoms with Crippen LogP contribution < -0.4 is 11.1 Å². The van der Waals surface area contributed by atoms with Crippen LogP contribution in [0.1, 0.15) is 37.7 Å². The summed E-state index contributed by atoms with van der Waals surface area (Å²) in [5, 5.41) is 3.24. The highest BCUT2D eigenvalue weighted by molar-refractivity contribution is 5.81. The molecule has 1 aliphatic rings. The fraction of sp³-hybridized carbons (Fsp3) is 0.348. The molecule has 3 aromatic rings. The maximum absolute atomic E-state index is 13.1. The Kier molecular flexibility index (Phi) is 5.34. The van der Waals surface area contributed by atoms with Gasteiger partial charge in [0.05, 0.1) is 10.8 Å². The minimum absolute atomic E-state index is 0.109. The highest BCUT2D eigenvalue weighted by Crippen LogP contribution is 2.33. The lowest BCUT2D eigenvalue weighted by Crippen LogP contribution is -2.43. The molecule has 1 aromatic heterocycles. The van der Waals surface area contributed by atoms with Crippen LogP contribution in [0.5, 0.6) is 0 Å². The second-order valence-corrected chi connectivity index (χ2v) is 7.60. The first kappa shape index (κ1) is 19.2. The van der Waals surface area contributed by atoms with E-state index in [9.17, 15) is 14.4 Å². The van der Waals surface area contributed by atoms with E-state index in [-0.39, 0.29) is 35.5 Å². The molecule has 1 amide bonds. The van der Waals surface area contributed by atoms with Crippen molar-refractivity contribution in [3.05, 3.63) is 80.9 Å². The van der Waals surface area contributed by atoms with Crippen LogP contribution in [0.2, 0.25) is 0 Å². The number of hydrogen-bond acceptors (Lipinski definition) is 3. The van der Waals surface area contributed by atoms with E-state index in [2.05, 4.69) is 24.2 Å². The van der Waals surface area contributed by atoms with Crippen molar-refractivity contribution in [2.75, 3.05) is 6.54 Å². The molecule has 1 saturated heterocycles. The molecule has 0 bridgehead atoms. The zero-order valence-corrected chi connectivity index (χ0v) is 16.5. The highest BCUT2D eigenvalue weighted by Gasteiger charge is 2.34. The van der Waals surface area contributed by atoms with E-state index in [4.69, 9.17) is 0 Å². The Morgan fingerprint density at radius 1 is 1.07 bits per heavy atom. The number of benzene rings is 2. The zero-order chi connectivity index (χ0) is 20.4. The molecular formula is C23H25N3O3. The summed E-state index contributed by atoms with van der Waals surface area (Å²) in [6, 6.07) is 17.1. The summed E-state index contributed by atoms with van der Waals surface area (Å²) in [5.41, 5.74) is 0.525. The van der Waals surface area contributed by atoms with Gasteiger partial charge in [0.25, 0.3) is 11.1 Å². The van der Waals surface area contributed by atoms with E-state index < -0.39 is 0 Å². The van der Waals surface area contributed by atoms with E-state index >= 15 is 0 Å². The number of carbonyl (C=O) groups is 1. The van der Waals surface area contributed by atoms with Crippen molar-refractivity contribution >= 4 is 16.7 Å². The van der Waals surface area contributed by atoms with Crippen LogP contribution in [0.25, 0.3) is 10.8 Å². The summed E-state index contributed by atoms with van der Waals surface area (Å²) >= 11 is 0. The monoisotopic (exact) mass is 391 g/mol. The summed E-state index contributed by atoms with van der Waals surface area (Å²) < 4.78 is 1.14. The molecule has 6 heteroatoms. The van der Waals surface area contributed by atoms with Gasteiger partial charge in [0.15, 0.2) is 0 Å². The Hall–Kier alpha value is -3.15. The minimum atomic E-state index is -0.360. The number of aromatic amines is 1. The van der Waals surface area contributed by atoms with E-state index in [1.54, 1.807) is 24.3 Å². The third-order valence-corrected chi connectivity index (χ3v) is 5.93. The van der Waals surface area contributed by atoms with Gasteiger partial charge < -0.3 is 4.90 Å². The standard InChI is InChI=1S/C23H25N3O3/c1-2-17(16-9-4-3-5-10-16)20-13-8-14-25(20)21(27)15-26-23(29)19-12-7-6-11-18(19)22(28)24-26/h3-7,9-12,17,20H,2,8,13-15H2,1H3,(H,24,28)/t17-,20+/m1/s1. The molecule has 1 N–H and O–H groups in total. The minimum Gasteiger partial charge on any atom is -0.337 e. The van der Waals surface area contributed by atoms with E-state index in [1.165, 1.54) is 5.56 Å². The quantitative estimate of drug-likeness (QED) is 0.727. The van der Waals surface area contributed by atoms with Crippen LogP contribution in [0, 0.1) is 0 Å². The fourth-order valence-corrected chi connectivity index (χ4v) is 4.53. The topological polar surface area (TPSA) is 75.2 Å². The van der Waals surface area contributed by atoms with Gasteiger partial charge in [-0.15, -0.1) is 0 Å². The summed E-state index contributed by atoms with van der Waals surface area (Å²) in [5.74, 6) is 0.130. The van der Waals surface area contributed by atoms with Crippen LogP contribution >= 0.6 is 0 Å². The zero-order valence-electron chi connectivity index (χ0n) is 16.5. The first-order chi connectivity index (χ1) is 14.1. The Morgan fingerprint density at radius 2 is 1.76 bits per heavy atom. The number of fused-ring (bicyclic) bond motifs is 1. The molecule has 0 radical (unpaired) electrons. The first-order valence-electron chi connectivity index (χ1n) is 10.2. The third kappa shape index (κ3) is 3.62. The lowest BCUT2D eigenvalue weighted by molar-refractivity contribution is -0.133. The van der Waals surface area contributed by atoms with Gasteiger partial charge in [-0.3, -0.25) is 19.5 Å². The van der Waals surface area contributed by atoms with Crippen LogP contribution in [-0.4, -0.2) is 33.2 Å². The number of nitrogens with one attached hydrogen (secondary N) is 1. The first-order valence-corrected chi connectivity index (χ1v) is 10.2. The maximum atomic E-state index is 13.1. The van der Waals surface area contributed by atoms with Crippen LogP contribution in [0.4, 0.5) is 0 Å². The van der Waals surface area contributed by atoms with Gasteiger partial charge in [0.1, 0.15) is 6.54 Å². The Labute approximate surface area is 168 Å². The molecule has 0 saturated carbocycles. The molecule has 150 valence electrons. The van der Waals surface area contributed by atoms with E-state index in [0.29, 0.717) is 17.3 Å². The van der Waals surface area contributed by atoms with Gasteiger partial charge in [-0.1, -0.05) is 49.4 Å². The lowest BCUT2D eigenvalue weighted by atomic mass is 9.87. The summed E-state index contributed by atoms with van der Waals surface area (Å²) in [7, 11) is 0. The Bertz CT molecular complexity index is 1130. The number of carbonyl (C=O) groups excluding carboxylic acids is 1. The Morgan fingerprint density at radius 3 is 2.48 bits per heavy atom. The molecule has 2 atom stereocenters. The van der Waals surface area contributed by atoms with Gasteiger partial charge in [-0.2, -0.15) is 0 Å². The molecule has 2 aromatic carbocycles. The molecule has 29 heavy (non-hydrogen) atoms. The molecule has 1 aliphatic heterocycles. The van der Waals surface area contributed by atoms with Crippen molar-refractivity contribution in [1.29, 1.82) is 0 Å². The second-order valence-electron chi connectivity index (χ2n) is 7.60. The third-order valence-electron chi connectivity index (χ3n) is 5.93. The van der Waals surface area contributed by atoms with Crippen LogP contribution in [0.3, 0.4) is 0 Å². The van der Waals surface area contributed by atoms with Gasteiger partial charge in [-0.25, -0.2) is 4.68 Å². The summed E-state index contributed by atoms with van der Waals surface area (Å²) in [6.45, 7) is 2.67. The van der Waals surface area contributed by atoms with Gasteiger partial charge in [0, 0.05) is 18.5 Å². The average Bonchev–Trinajstić information content (AvgIpc) is 3.23. The average molecular weight is 391 g/mol. The molecule has 0 spiro atoms. The van der Waals surface area contributed by atoms with Crippen molar-refractivity contribution in [1.82, 2.24) is 14.7 Å². The van der Waals surface area contributed by atoms with Gasteiger partial charge in [-0.05, 0) is 37.0 Å². The van der Waals surface area contributed by atoms with Crippen molar-refractivity contribution in [2.24, 2.45) is 0 Å². The van der Waals surface area contributed by atoms with Crippen LogP contribution in [-0.2, 0) is 11.3 Å². The predicted molar refractivity (Wildman–Crippen MR) is 113 cm³/mol. The van der Waals surface area contributed by atoms with E-state index in [1.807, 2.05) is 23.1 Å².